The van der Waals surface area contributed by atoms with Gasteiger partial charge in [0.15, 0.2) is 0 Å². The lowest BCUT2D eigenvalue weighted by Crippen LogP contribution is -2.31. The van der Waals surface area contributed by atoms with Gasteiger partial charge in [0.05, 0.1) is 0 Å². The number of amides is 1. The van der Waals surface area contributed by atoms with Gasteiger partial charge in [-0.15, -0.1) is 0 Å². The fraction of sp³-hybridized carbons (Fsp3) is 0.200. The molecule has 104 valence electrons. The lowest BCUT2D eigenvalue weighted by atomic mass is 10.2. The Hall–Kier alpha value is -2.43. The highest BCUT2D eigenvalue weighted by Gasteiger charge is 2.17. The molecule has 0 aliphatic rings. The first-order valence-corrected chi connectivity index (χ1v) is 6.38. The van der Waals surface area contributed by atoms with Gasteiger partial charge < -0.3 is 10.2 Å². The molecule has 1 amide bonds. The molecule has 1 heterocycles. The van der Waals surface area contributed by atoms with E-state index in [0.717, 1.165) is 0 Å². The molecule has 0 aliphatic heterocycles. The average Bonchev–Trinajstić information content (AvgIpc) is 2.50. The number of pyridine rings is 1. The first-order valence-electron chi connectivity index (χ1n) is 6.38. The Balaban J connectivity index is 2.31. The highest BCUT2D eigenvalue weighted by atomic mass is 19.1. The number of nitrogens with one attached hydrogen (secondary N) is 1. The van der Waals surface area contributed by atoms with Crippen LogP contribution in [0.25, 0.3) is 0 Å². The first kappa shape index (κ1) is 14.0. The van der Waals surface area contributed by atoms with Crippen LogP contribution in [0.4, 0.5) is 15.9 Å². The van der Waals surface area contributed by atoms with Crippen LogP contribution in [-0.4, -0.2) is 24.5 Å². The zero-order chi connectivity index (χ0) is 14.5. The molecule has 2 rings (SSSR count). The number of benzene rings is 1. The van der Waals surface area contributed by atoms with Crippen molar-refractivity contribution in [1.82, 2.24) is 4.98 Å². The number of aromatic nitrogens is 1. The lowest BCUT2D eigenvalue weighted by molar-refractivity contribution is 0.0983. The van der Waals surface area contributed by atoms with Crippen LogP contribution in [-0.2, 0) is 0 Å². The van der Waals surface area contributed by atoms with Crippen molar-refractivity contribution in [3.05, 3.63) is 54.0 Å². The molecule has 0 radical (unpaired) electrons. The van der Waals surface area contributed by atoms with E-state index in [4.69, 9.17) is 0 Å². The third-order valence-corrected chi connectivity index (χ3v) is 2.92. The number of nitrogens with zero attached hydrogens (tertiary/aromatic N) is 2. The Kier molecular flexibility index (Phi) is 4.30. The lowest BCUT2D eigenvalue weighted by Gasteiger charge is -2.20. The molecule has 0 spiro atoms. The zero-order valence-corrected chi connectivity index (χ0v) is 11.4. The minimum atomic E-state index is -0.326. The van der Waals surface area contributed by atoms with E-state index in [1.54, 1.807) is 42.3 Å². The molecule has 0 saturated heterocycles. The van der Waals surface area contributed by atoms with Crippen molar-refractivity contribution in [1.29, 1.82) is 0 Å². The number of carbonyl (C=O) groups is 1. The van der Waals surface area contributed by atoms with Crippen LogP contribution in [0.15, 0.2) is 42.5 Å². The molecule has 1 aromatic carbocycles. The summed E-state index contributed by atoms with van der Waals surface area (Å²) in [4.78, 5) is 18.3. The molecule has 4 nitrogen and oxygen atoms in total. The second-order valence-electron chi connectivity index (χ2n) is 4.18. The molecule has 1 aromatic heterocycles. The summed E-state index contributed by atoms with van der Waals surface area (Å²) in [7, 11) is 1.74. The second kappa shape index (κ2) is 6.14. The average molecular weight is 273 g/mol. The van der Waals surface area contributed by atoms with Crippen LogP contribution in [0.2, 0.25) is 0 Å². The van der Waals surface area contributed by atoms with Crippen molar-refractivity contribution in [2.24, 2.45) is 0 Å². The summed E-state index contributed by atoms with van der Waals surface area (Å²) in [6, 6.07) is 11.0. The number of rotatable bonds is 4. The summed E-state index contributed by atoms with van der Waals surface area (Å²) in [5.74, 6) is 0.0924. The van der Waals surface area contributed by atoms with E-state index in [2.05, 4.69) is 10.3 Å². The van der Waals surface area contributed by atoms with Gasteiger partial charge in [-0.3, -0.25) is 4.79 Å². The van der Waals surface area contributed by atoms with Gasteiger partial charge in [0.2, 0.25) is 0 Å². The van der Waals surface area contributed by atoms with Crippen molar-refractivity contribution in [2.45, 2.75) is 6.92 Å². The van der Waals surface area contributed by atoms with Crippen LogP contribution in [0.1, 0.15) is 17.4 Å². The molecule has 0 atom stereocenters. The number of halogens is 1. The van der Waals surface area contributed by atoms with Gasteiger partial charge >= 0.3 is 0 Å². The quantitative estimate of drug-likeness (QED) is 0.931. The number of carbonyl (C=O) groups excluding carboxylic acids is 1. The maximum absolute atomic E-state index is 13.0. The second-order valence-corrected chi connectivity index (χ2v) is 4.18. The van der Waals surface area contributed by atoms with Gasteiger partial charge in [-0.25, -0.2) is 9.37 Å². The number of hydrogen-bond donors (Lipinski definition) is 1. The predicted octanol–water partition coefficient (Wildman–Crippen LogP) is 2.93. The van der Waals surface area contributed by atoms with E-state index in [1.807, 2.05) is 6.92 Å². The SMILES string of the molecule is CCN(C(=O)c1cccc(NC)n1)c1ccc(F)cc1. The van der Waals surface area contributed by atoms with Crippen LogP contribution in [0.5, 0.6) is 0 Å². The first-order chi connectivity index (χ1) is 9.65. The van der Waals surface area contributed by atoms with E-state index < -0.39 is 0 Å². The Labute approximate surface area is 117 Å². The standard InChI is InChI=1S/C15H16FN3O/c1-3-19(12-9-7-11(16)8-10-12)15(20)13-5-4-6-14(17-2)18-13/h4-10H,3H2,1-2H3,(H,17,18). The molecule has 0 aliphatic carbocycles. The molecule has 0 fully saturated rings. The van der Waals surface area contributed by atoms with E-state index in [1.165, 1.54) is 12.1 Å². The van der Waals surface area contributed by atoms with Crippen LogP contribution < -0.4 is 10.2 Å². The molecular weight excluding hydrogens is 257 g/mol. The molecule has 0 saturated carbocycles. The predicted molar refractivity (Wildman–Crippen MR) is 77.5 cm³/mol. The fourth-order valence-corrected chi connectivity index (χ4v) is 1.90. The number of hydrogen-bond acceptors (Lipinski definition) is 3. The van der Waals surface area contributed by atoms with Gasteiger partial charge in [-0.05, 0) is 43.3 Å². The normalized spacial score (nSPS) is 10.2. The Morgan fingerprint density at radius 2 is 1.95 bits per heavy atom. The molecule has 20 heavy (non-hydrogen) atoms. The summed E-state index contributed by atoms with van der Waals surface area (Å²) in [5.41, 5.74) is 0.999. The zero-order valence-electron chi connectivity index (χ0n) is 11.4. The summed E-state index contributed by atoms with van der Waals surface area (Å²) in [6.07, 6.45) is 0. The Morgan fingerprint density at radius 1 is 1.25 bits per heavy atom. The summed E-state index contributed by atoms with van der Waals surface area (Å²) in [5, 5.41) is 2.89. The summed E-state index contributed by atoms with van der Waals surface area (Å²) >= 11 is 0. The van der Waals surface area contributed by atoms with Crippen LogP contribution >= 0.6 is 0 Å². The van der Waals surface area contributed by atoms with Gasteiger partial charge in [0.1, 0.15) is 17.3 Å². The third kappa shape index (κ3) is 2.93. The summed E-state index contributed by atoms with van der Waals surface area (Å²) < 4.78 is 13.0. The smallest absolute Gasteiger partial charge is 0.276 e. The van der Waals surface area contributed by atoms with Gasteiger partial charge in [-0.2, -0.15) is 0 Å². The Morgan fingerprint density at radius 3 is 2.55 bits per heavy atom. The summed E-state index contributed by atoms with van der Waals surface area (Å²) in [6.45, 7) is 2.35. The van der Waals surface area contributed by atoms with Crippen molar-refractivity contribution in [3.8, 4) is 0 Å². The minimum Gasteiger partial charge on any atom is -0.373 e. The van der Waals surface area contributed by atoms with Gasteiger partial charge in [0.25, 0.3) is 5.91 Å². The van der Waals surface area contributed by atoms with E-state index in [9.17, 15) is 9.18 Å². The molecule has 5 heteroatoms. The molecule has 0 unspecified atom stereocenters. The molecular formula is C15H16FN3O. The topological polar surface area (TPSA) is 45.2 Å². The highest BCUT2D eigenvalue weighted by molar-refractivity contribution is 6.04. The van der Waals surface area contributed by atoms with E-state index in [0.29, 0.717) is 23.7 Å². The minimum absolute atomic E-state index is 0.212. The van der Waals surface area contributed by atoms with Crippen molar-refractivity contribution >= 4 is 17.4 Å². The monoisotopic (exact) mass is 273 g/mol. The maximum atomic E-state index is 13.0. The Bertz CT molecular complexity index is 598. The number of anilines is 2. The molecule has 1 N–H and O–H groups in total. The molecule has 0 bridgehead atoms. The third-order valence-electron chi connectivity index (χ3n) is 2.92. The van der Waals surface area contributed by atoms with Gasteiger partial charge in [-0.1, -0.05) is 6.07 Å². The van der Waals surface area contributed by atoms with Crippen LogP contribution in [0.3, 0.4) is 0 Å². The van der Waals surface area contributed by atoms with Crippen LogP contribution in [0, 0.1) is 5.82 Å². The highest BCUT2D eigenvalue weighted by Crippen LogP contribution is 2.17. The largest absolute Gasteiger partial charge is 0.373 e. The van der Waals surface area contributed by atoms with Crippen molar-refractivity contribution in [2.75, 3.05) is 23.8 Å². The van der Waals surface area contributed by atoms with Gasteiger partial charge in [0, 0.05) is 19.3 Å². The maximum Gasteiger partial charge on any atom is 0.276 e. The fourth-order valence-electron chi connectivity index (χ4n) is 1.90. The van der Waals surface area contributed by atoms with Crippen molar-refractivity contribution < 1.29 is 9.18 Å². The van der Waals surface area contributed by atoms with E-state index in [-0.39, 0.29) is 11.7 Å². The molecule has 2 aromatic rings. The van der Waals surface area contributed by atoms with E-state index >= 15 is 0 Å². The van der Waals surface area contributed by atoms with Crippen molar-refractivity contribution in [3.63, 3.8) is 0 Å².